The van der Waals surface area contributed by atoms with Crippen molar-refractivity contribution in [3.63, 3.8) is 0 Å². The summed E-state index contributed by atoms with van der Waals surface area (Å²) in [4.78, 5) is 28.9. The first-order chi connectivity index (χ1) is 14.6. The zero-order valence-corrected chi connectivity index (χ0v) is 17.7. The van der Waals surface area contributed by atoms with E-state index in [1.165, 1.54) is 31.8 Å². The van der Waals surface area contributed by atoms with Crippen molar-refractivity contribution < 1.29 is 14.0 Å². The molecule has 4 rings (SSSR count). The molecule has 0 radical (unpaired) electrons. The molecular formula is C22H27ClN4O3. The summed E-state index contributed by atoms with van der Waals surface area (Å²) in [5, 5.41) is 6.52. The number of hydrogen-bond donors (Lipinski definition) is 2. The van der Waals surface area contributed by atoms with Crippen LogP contribution in [0.15, 0.2) is 41.2 Å². The van der Waals surface area contributed by atoms with Gasteiger partial charge in [0.2, 0.25) is 0 Å². The molecule has 30 heavy (non-hydrogen) atoms. The van der Waals surface area contributed by atoms with Gasteiger partial charge in [-0.1, -0.05) is 11.6 Å². The van der Waals surface area contributed by atoms with Crippen LogP contribution in [0.1, 0.15) is 42.5 Å². The Balaban J connectivity index is 1.26. The molecule has 3 amide bonds. The van der Waals surface area contributed by atoms with E-state index < -0.39 is 0 Å². The molecular weight excluding hydrogens is 404 g/mol. The minimum absolute atomic E-state index is 0.0292. The zero-order valence-electron chi connectivity index (χ0n) is 16.9. The van der Waals surface area contributed by atoms with Crippen LogP contribution in [0.25, 0.3) is 0 Å². The van der Waals surface area contributed by atoms with E-state index in [0.717, 1.165) is 18.8 Å². The van der Waals surface area contributed by atoms with Gasteiger partial charge in [-0.15, -0.1) is 0 Å². The second-order valence-electron chi connectivity index (χ2n) is 7.89. The SMILES string of the molecule is O=C(Nc1ccc(N2CCCCC2)c(Cl)c1)NC1CCN(C(=O)c2ccoc2)CC1. The third kappa shape index (κ3) is 4.90. The van der Waals surface area contributed by atoms with Crippen molar-refractivity contribution in [3.8, 4) is 0 Å². The molecule has 0 saturated carbocycles. The summed E-state index contributed by atoms with van der Waals surface area (Å²) in [7, 11) is 0. The number of nitrogens with zero attached hydrogens (tertiary/aromatic N) is 2. The number of hydrogen-bond acceptors (Lipinski definition) is 4. The van der Waals surface area contributed by atoms with Crippen molar-refractivity contribution in [2.24, 2.45) is 0 Å². The fourth-order valence-corrected chi connectivity index (χ4v) is 4.42. The van der Waals surface area contributed by atoms with Gasteiger partial charge >= 0.3 is 6.03 Å². The monoisotopic (exact) mass is 430 g/mol. The Bertz CT molecular complexity index is 873. The quantitative estimate of drug-likeness (QED) is 0.755. The number of anilines is 2. The van der Waals surface area contributed by atoms with Crippen LogP contribution in [0, 0.1) is 0 Å². The number of piperidine rings is 2. The van der Waals surface area contributed by atoms with Gasteiger partial charge in [-0.3, -0.25) is 4.79 Å². The molecule has 2 aromatic rings. The lowest BCUT2D eigenvalue weighted by atomic mass is 10.0. The molecule has 2 saturated heterocycles. The van der Waals surface area contributed by atoms with Gasteiger partial charge in [-0.2, -0.15) is 0 Å². The summed E-state index contributed by atoms with van der Waals surface area (Å²) in [6.07, 6.45) is 8.02. The molecule has 0 atom stereocenters. The first kappa shape index (κ1) is 20.6. The predicted molar refractivity (Wildman–Crippen MR) is 117 cm³/mol. The summed E-state index contributed by atoms with van der Waals surface area (Å²) in [6, 6.07) is 7.11. The maximum Gasteiger partial charge on any atom is 0.319 e. The molecule has 1 aromatic heterocycles. The first-order valence-corrected chi connectivity index (χ1v) is 10.9. The van der Waals surface area contributed by atoms with Gasteiger partial charge in [0.1, 0.15) is 6.26 Å². The average molecular weight is 431 g/mol. The molecule has 8 heteroatoms. The van der Waals surface area contributed by atoms with Crippen molar-refractivity contribution >= 4 is 34.9 Å². The Morgan fingerprint density at radius 3 is 2.47 bits per heavy atom. The summed E-state index contributed by atoms with van der Waals surface area (Å²) in [6.45, 7) is 3.25. The number of carbonyl (C=O) groups excluding carboxylic acids is 2. The van der Waals surface area contributed by atoms with E-state index >= 15 is 0 Å². The van der Waals surface area contributed by atoms with Gasteiger partial charge in [-0.25, -0.2) is 4.79 Å². The number of nitrogens with one attached hydrogen (secondary N) is 2. The molecule has 0 unspecified atom stereocenters. The maximum absolute atomic E-state index is 12.4. The maximum atomic E-state index is 12.4. The van der Waals surface area contributed by atoms with E-state index in [-0.39, 0.29) is 18.0 Å². The lowest BCUT2D eigenvalue weighted by Gasteiger charge is -2.32. The van der Waals surface area contributed by atoms with Crippen molar-refractivity contribution in [1.29, 1.82) is 0 Å². The molecule has 0 bridgehead atoms. The topological polar surface area (TPSA) is 77.8 Å². The van der Waals surface area contributed by atoms with Crippen LogP contribution in [0.5, 0.6) is 0 Å². The van der Waals surface area contributed by atoms with Crippen molar-refractivity contribution in [3.05, 3.63) is 47.4 Å². The molecule has 0 aliphatic carbocycles. The predicted octanol–water partition coefficient (Wildman–Crippen LogP) is 4.35. The smallest absolute Gasteiger partial charge is 0.319 e. The van der Waals surface area contributed by atoms with Crippen molar-refractivity contribution in [1.82, 2.24) is 10.2 Å². The van der Waals surface area contributed by atoms with Crippen LogP contribution in [0.3, 0.4) is 0 Å². The van der Waals surface area contributed by atoms with Gasteiger partial charge in [0.05, 0.1) is 22.5 Å². The highest BCUT2D eigenvalue weighted by Gasteiger charge is 2.25. The molecule has 7 nitrogen and oxygen atoms in total. The van der Waals surface area contributed by atoms with E-state index in [1.54, 1.807) is 17.0 Å². The van der Waals surface area contributed by atoms with Gasteiger partial charge in [0.15, 0.2) is 0 Å². The van der Waals surface area contributed by atoms with Crippen LogP contribution in [0.2, 0.25) is 5.02 Å². The summed E-state index contributed by atoms with van der Waals surface area (Å²) < 4.78 is 4.98. The third-order valence-corrected chi connectivity index (χ3v) is 6.09. The van der Waals surface area contributed by atoms with Crippen molar-refractivity contribution in [2.75, 3.05) is 36.4 Å². The number of halogens is 1. The van der Waals surface area contributed by atoms with Crippen LogP contribution < -0.4 is 15.5 Å². The molecule has 2 N–H and O–H groups in total. The molecule has 0 spiro atoms. The highest BCUT2D eigenvalue weighted by molar-refractivity contribution is 6.33. The minimum atomic E-state index is -0.253. The van der Waals surface area contributed by atoms with Gasteiger partial charge < -0.3 is 24.9 Å². The van der Waals surface area contributed by atoms with Gasteiger partial charge in [0.25, 0.3) is 5.91 Å². The second kappa shape index (κ2) is 9.43. The Hall–Kier alpha value is -2.67. The number of furan rings is 1. The number of carbonyl (C=O) groups is 2. The van der Waals surface area contributed by atoms with E-state index in [9.17, 15) is 9.59 Å². The standard InChI is InChI=1S/C22H27ClN4O3/c23-19-14-18(4-5-20(19)26-9-2-1-3-10-26)25-22(29)24-17-6-11-27(12-7-17)21(28)16-8-13-30-15-16/h4-5,8,13-15,17H,1-3,6-7,9-12H2,(H2,24,25,29). The summed E-state index contributed by atoms with van der Waals surface area (Å²) >= 11 is 6.47. The fraction of sp³-hybridized carbons (Fsp3) is 0.455. The Morgan fingerprint density at radius 2 is 1.80 bits per heavy atom. The molecule has 1 aromatic carbocycles. The molecule has 2 aliphatic rings. The van der Waals surface area contributed by atoms with Crippen LogP contribution in [0.4, 0.5) is 16.2 Å². The Morgan fingerprint density at radius 1 is 1.03 bits per heavy atom. The average Bonchev–Trinajstić information content (AvgIpc) is 3.29. The Labute approximate surface area is 181 Å². The number of rotatable bonds is 4. The molecule has 3 heterocycles. The first-order valence-electron chi connectivity index (χ1n) is 10.5. The lowest BCUT2D eigenvalue weighted by molar-refractivity contribution is 0.0708. The van der Waals surface area contributed by atoms with Crippen LogP contribution in [-0.4, -0.2) is 49.1 Å². The summed E-state index contributed by atoms with van der Waals surface area (Å²) in [5.41, 5.74) is 2.26. The van der Waals surface area contributed by atoms with E-state index in [4.69, 9.17) is 16.0 Å². The fourth-order valence-electron chi connectivity index (χ4n) is 4.12. The Kier molecular flexibility index (Phi) is 6.47. The van der Waals surface area contributed by atoms with Crippen LogP contribution >= 0.6 is 11.6 Å². The minimum Gasteiger partial charge on any atom is -0.472 e. The van der Waals surface area contributed by atoms with Gasteiger partial charge in [0, 0.05) is 37.9 Å². The third-order valence-electron chi connectivity index (χ3n) is 5.79. The van der Waals surface area contributed by atoms with E-state index in [0.29, 0.717) is 42.2 Å². The highest BCUT2D eigenvalue weighted by Crippen LogP contribution is 2.30. The van der Waals surface area contributed by atoms with E-state index in [1.807, 2.05) is 12.1 Å². The molecule has 160 valence electrons. The molecule has 2 aliphatic heterocycles. The lowest BCUT2D eigenvalue weighted by Crippen LogP contribution is -2.47. The highest BCUT2D eigenvalue weighted by atomic mass is 35.5. The zero-order chi connectivity index (χ0) is 20.9. The van der Waals surface area contributed by atoms with Crippen LogP contribution in [-0.2, 0) is 0 Å². The second-order valence-corrected chi connectivity index (χ2v) is 8.30. The largest absolute Gasteiger partial charge is 0.472 e. The number of benzene rings is 1. The van der Waals surface area contributed by atoms with E-state index in [2.05, 4.69) is 15.5 Å². The number of likely N-dealkylation sites (tertiary alicyclic amines) is 1. The van der Waals surface area contributed by atoms with Gasteiger partial charge in [-0.05, 0) is 56.4 Å². The van der Waals surface area contributed by atoms with Crippen molar-refractivity contribution in [2.45, 2.75) is 38.1 Å². The normalized spacial score (nSPS) is 17.6. The summed E-state index contributed by atoms with van der Waals surface area (Å²) in [5.74, 6) is -0.0323. The number of urea groups is 1. The number of amides is 3. The molecule has 2 fully saturated rings.